The first-order chi connectivity index (χ1) is 15.8. The Hall–Kier alpha value is -4.28. The molecule has 0 spiro atoms. The second-order valence-electron chi connectivity index (χ2n) is 7.67. The molecule has 1 unspecified atom stereocenters. The predicted molar refractivity (Wildman–Crippen MR) is 117 cm³/mol. The number of rotatable bonds is 6. The quantitative estimate of drug-likeness (QED) is 0.595. The monoisotopic (exact) mass is 450 g/mol. The number of carbonyl (C=O) groups is 2. The number of likely N-dealkylation sites (N-methyl/N-ethyl adjacent to an activating group) is 1. The summed E-state index contributed by atoms with van der Waals surface area (Å²) in [5, 5.41) is 0. The van der Waals surface area contributed by atoms with Gasteiger partial charge in [0.2, 0.25) is 5.88 Å². The molecule has 11 heteroatoms. The van der Waals surface area contributed by atoms with Crippen molar-refractivity contribution in [2.75, 3.05) is 27.7 Å². The molecule has 0 radical (unpaired) electrons. The van der Waals surface area contributed by atoms with E-state index >= 15 is 0 Å². The topological polar surface area (TPSA) is 131 Å². The maximum atomic E-state index is 12.3. The molecule has 1 aromatic carbocycles. The van der Waals surface area contributed by atoms with Crippen molar-refractivity contribution < 1.29 is 19.1 Å². The molecule has 33 heavy (non-hydrogen) atoms. The zero-order chi connectivity index (χ0) is 23.5. The number of aromatic amines is 1. The highest BCUT2D eigenvalue weighted by atomic mass is 16.5. The molecular formula is C22H22N6O5. The maximum Gasteiger partial charge on any atom is 0.273 e. The number of aromatic nitrogens is 4. The summed E-state index contributed by atoms with van der Waals surface area (Å²) in [5.41, 5.74) is 0.389. The molecule has 1 atom stereocenters. The largest absolute Gasteiger partial charge is 0.480 e. The second-order valence-corrected chi connectivity index (χ2v) is 7.67. The fourth-order valence-corrected chi connectivity index (χ4v) is 3.25. The summed E-state index contributed by atoms with van der Waals surface area (Å²) in [5.74, 6) is 0.771. The molecule has 170 valence electrons. The van der Waals surface area contributed by atoms with Crippen LogP contribution in [0.3, 0.4) is 0 Å². The number of nitrogens with zero attached hydrogens (tertiary/aromatic N) is 5. The normalized spacial score (nSPS) is 15.4. The first kappa shape index (κ1) is 21.9. The molecule has 11 nitrogen and oxygen atoms in total. The van der Waals surface area contributed by atoms with E-state index in [1.54, 1.807) is 44.2 Å². The van der Waals surface area contributed by atoms with Crippen LogP contribution in [0.25, 0.3) is 11.4 Å². The zero-order valence-corrected chi connectivity index (χ0v) is 18.3. The third kappa shape index (κ3) is 4.97. The SMILES string of the molecule is CN(C)C(=O)c1cnc(Oc2cc(OC3CCN(C)C3=O)cc(-c3nccc(=O)[nH]3)c2)cn1. The van der Waals surface area contributed by atoms with E-state index in [4.69, 9.17) is 9.47 Å². The Labute approximate surface area is 189 Å². The van der Waals surface area contributed by atoms with Gasteiger partial charge >= 0.3 is 0 Å². The summed E-state index contributed by atoms with van der Waals surface area (Å²) in [6, 6.07) is 6.23. The molecule has 1 aliphatic heterocycles. The van der Waals surface area contributed by atoms with Crippen LogP contribution in [0.2, 0.25) is 0 Å². The van der Waals surface area contributed by atoms with Gasteiger partial charge in [-0.2, -0.15) is 0 Å². The fraction of sp³-hybridized carbons (Fsp3) is 0.273. The number of benzene rings is 1. The van der Waals surface area contributed by atoms with E-state index in [0.29, 0.717) is 35.9 Å². The van der Waals surface area contributed by atoms with Gasteiger partial charge in [-0.15, -0.1) is 0 Å². The molecule has 4 rings (SSSR count). The van der Waals surface area contributed by atoms with Crippen LogP contribution < -0.4 is 15.0 Å². The zero-order valence-electron chi connectivity index (χ0n) is 18.3. The summed E-state index contributed by atoms with van der Waals surface area (Å²) in [6.07, 6.45) is 3.99. The molecule has 2 aromatic heterocycles. The number of ether oxygens (including phenoxy) is 2. The van der Waals surface area contributed by atoms with Gasteiger partial charge in [0, 0.05) is 58.0 Å². The molecule has 2 amide bonds. The first-order valence-electron chi connectivity index (χ1n) is 10.1. The van der Waals surface area contributed by atoms with Crippen molar-refractivity contribution in [3.05, 3.63) is 58.9 Å². The number of likely N-dealkylation sites (tertiary alicyclic amines) is 1. The standard InChI is InChI=1S/C22H22N6O5/c1-27(2)21(30)16-11-25-19(12-24-16)33-15-9-13(20-23-6-4-18(29)26-20)8-14(10-15)32-17-5-7-28(3)22(17)31/h4,6,8-12,17H,5,7H2,1-3H3,(H,23,26,29). The molecule has 1 saturated heterocycles. The van der Waals surface area contributed by atoms with Crippen molar-refractivity contribution in [1.29, 1.82) is 0 Å². The van der Waals surface area contributed by atoms with Crippen molar-refractivity contribution in [3.8, 4) is 28.8 Å². The Balaban J connectivity index is 1.65. The van der Waals surface area contributed by atoms with Crippen LogP contribution in [0.4, 0.5) is 0 Å². The summed E-state index contributed by atoms with van der Waals surface area (Å²) in [7, 11) is 4.96. The van der Waals surface area contributed by atoms with E-state index in [9.17, 15) is 14.4 Å². The number of carbonyl (C=O) groups excluding carboxylic acids is 2. The Kier molecular flexibility index (Phi) is 6.03. The third-order valence-electron chi connectivity index (χ3n) is 4.96. The lowest BCUT2D eigenvalue weighted by Gasteiger charge is -2.15. The van der Waals surface area contributed by atoms with Crippen LogP contribution in [0.1, 0.15) is 16.9 Å². The smallest absolute Gasteiger partial charge is 0.273 e. The number of amides is 2. The Morgan fingerprint density at radius 1 is 1.12 bits per heavy atom. The number of H-pyrrole nitrogens is 1. The van der Waals surface area contributed by atoms with Crippen LogP contribution in [0.15, 0.2) is 47.7 Å². The van der Waals surface area contributed by atoms with Gasteiger partial charge in [-0.1, -0.05) is 0 Å². The number of hydrogen-bond acceptors (Lipinski definition) is 8. The van der Waals surface area contributed by atoms with Crippen LogP contribution >= 0.6 is 0 Å². The lowest BCUT2D eigenvalue weighted by Crippen LogP contribution is -2.29. The van der Waals surface area contributed by atoms with Crippen molar-refractivity contribution in [2.45, 2.75) is 12.5 Å². The average Bonchev–Trinajstić information content (AvgIpc) is 3.11. The van der Waals surface area contributed by atoms with Gasteiger partial charge in [-0.05, 0) is 12.1 Å². The van der Waals surface area contributed by atoms with Crippen LogP contribution in [-0.2, 0) is 4.79 Å². The minimum atomic E-state index is -0.614. The maximum absolute atomic E-state index is 12.3. The van der Waals surface area contributed by atoms with Crippen molar-refractivity contribution >= 4 is 11.8 Å². The molecule has 0 saturated carbocycles. The third-order valence-corrected chi connectivity index (χ3v) is 4.96. The van der Waals surface area contributed by atoms with E-state index in [-0.39, 0.29) is 28.9 Å². The van der Waals surface area contributed by atoms with E-state index in [0.717, 1.165) is 0 Å². The summed E-state index contributed by atoms with van der Waals surface area (Å²) in [6.45, 7) is 0.605. The van der Waals surface area contributed by atoms with E-state index in [1.807, 2.05) is 0 Å². The van der Waals surface area contributed by atoms with Crippen LogP contribution in [0, 0.1) is 0 Å². The van der Waals surface area contributed by atoms with Gasteiger partial charge in [0.25, 0.3) is 17.4 Å². The summed E-state index contributed by atoms with van der Waals surface area (Å²) < 4.78 is 11.8. The highest BCUT2D eigenvalue weighted by Gasteiger charge is 2.31. The second kappa shape index (κ2) is 9.07. The minimum absolute atomic E-state index is 0.110. The summed E-state index contributed by atoms with van der Waals surface area (Å²) in [4.78, 5) is 54.1. The van der Waals surface area contributed by atoms with Crippen molar-refractivity contribution in [1.82, 2.24) is 29.7 Å². The lowest BCUT2D eigenvalue weighted by molar-refractivity contribution is -0.132. The van der Waals surface area contributed by atoms with Gasteiger partial charge in [0.05, 0.1) is 12.4 Å². The Morgan fingerprint density at radius 2 is 1.91 bits per heavy atom. The molecule has 1 N–H and O–H groups in total. The summed E-state index contributed by atoms with van der Waals surface area (Å²) >= 11 is 0. The van der Waals surface area contributed by atoms with E-state index in [1.165, 1.54) is 29.6 Å². The minimum Gasteiger partial charge on any atom is -0.480 e. The van der Waals surface area contributed by atoms with E-state index < -0.39 is 6.10 Å². The van der Waals surface area contributed by atoms with Crippen molar-refractivity contribution in [2.24, 2.45) is 0 Å². The number of hydrogen-bond donors (Lipinski definition) is 1. The predicted octanol–water partition coefficient (Wildman–Crippen LogP) is 1.33. The van der Waals surface area contributed by atoms with E-state index in [2.05, 4.69) is 19.9 Å². The average molecular weight is 450 g/mol. The van der Waals surface area contributed by atoms with Gasteiger partial charge in [-0.25, -0.2) is 15.0 Å². The highest BCUT2D eigenvalue weighted by molar-refractivity contribution is 5.91. The molecular weight excluding hydrogens is 428 g/mol. The molecule has 3 heterocycles. The molecule has 3 aromatic rings. The van der Waals surface area contributed by atoms with Gasteiger partial charge < -0.3 is 24.3 Å². The molecule has 0 bridgehead atoms. The van der Waals surface area contributed by atoms with Crippen LogP contribution in [-0.4, -0.2) is 75.3 Å². The molecule has 1 aliphatic rings. The Bertz CT molecular complexity index is 1240. The van der Waals surface area contributed by atoms with Gasteiger partial charge in [0.15, 0.2) is 6.10 Å². The van der Waals surface area contributed by atoms with Gasteiger partial charge in [-0.3, -0.25) is 14.4 Å². The lowest BCUT2D eigenvalue weighted by atomic mass is 10.2. The van der Waals surface area contributed by atoms with Crippen molar-refractivity contribution in [3.63, 3.8) is 0 Å². The first-order valence-corrected chi connectivity index (χ1v) is 10.1. The Morgan fingerprint density at radius 3 is 2.55 bits per heavy atom. The number of nitrogens with one attached hydrogen (secondary N) is 1. The highest BCUT2D eigenvalue weighted by Crippen LogP contribution is 2.31. The molecule has 1 fully saturated rings. The van der Waals surface area contributed by atoms with Crippen LogP contribution in [0.5, 0.6) is 17.4 Å². The molecule has 0 aliphatic carbocycles. The fourth-order valence-electron chi connectivity index (χ4n) is 3.25. The van der Waals surface area contributed by atoms with Gasteiger partial charge in [0.1, 0.15) is 23.0 Å².